The number of fused-ring (bicyclic) bond motifs is 1. The number of hydrogen-bond acceptors (Lipinski definition) is 5. The molecule has 30 heavy (non-hydrogen) atoms. The number of benzene rings is 1. The first-order valence-corrected chi connectivity index (χ1v) is 9.62. The molecule has 156 valence electrons. The summed E-state index contributed by atoms with van der Waals surface area (Å²) in [6.45, 7) is 2.08. The summed E-state index contributed by atoms with van der Waals surface area (Å²) in [6.07, 6.45) is 1.35. The van der Waals surface area contributed by atoms with Crippen molar-refractivity contribution in [3.63, 3.8) is 0 Å². The van der Waals surface area contributed by atoms with E-state index in [4.69, 9.17) is 21.1 Å². The van der Waals surface area contributed by atoms with Crippen molar-refractivity contribution in [2.24, 2.45) is 0 Å². The number of anilines is 1. The van der Waals surface area contributed by atoms with Crippen molar-refractivity contribution >= 4 is 34.7 Å². The first kappa shape index (κ1) is 20.1. The smallest absolute Gasteiger partial charge is 0.279 e. The first-order valence-electron chi connectivity index (χ1n) is 9.24. The summed E-state index contributed by atoms with van der Waals surface area (Å²) >= 11 is 5.86. The number of nitrogens with zero attached hydrogens (tertiary/aromatic N) is 3. The molecule has 1 N–H and O–H groups in total. The van der Waals surface area contributed by atoms with Crippen LogP contribution in [0.2, 0.25) is 5.02 Å². The molecule has 0 unspecified atom stereocenters. The Balaban J connectivity index is 1.37. The number of aromatic nitrogens is 2. The maximum atomic E-state index is 14.5. The summed E-state index contributed by atoms with van der Waals surface area (Å²) in [7, 11) is 0. The Labute approximate surface area is 176 Å². The number of pyridine rings is 1. The van der Waals surface area contributed by atoms with Crippen molar-refractivity contribution in [1.29, 1.82) is 0 Å². The standard InChI is InChI=1S/C20H18ClFN4O4/c21-13-1-6-16-24-18(19(22)26(16)11-13)20(28)23-14-2-4-15(5-3-14)30-12-17(27)25-7-9-29-10-8-25/h1-6,11H,7-10,12H2,(H,23,28). The number of imidazole rings is 1. The van der Waals surface area contributed by atoms with Crippen LogP contribution < -0.4 is 10.1 Å². The zero-order valence-corrected chi connectivity index (χ0v) is 16.6. The third-order valence-corrected chi connectivity index (χ3v) is 4.80. The topological polar surface area (TPSA) is 85.2 Å². The van der Waals surface area contributed by atoms with Crippen LogP contribution in [0.25, 0.3) is 5.65 Å². The van der Waals surface area contributed by atoms with Gasteiger partial charge < -0.3 is 19.7 Å². The van der Waals surface area contributed by atoms with Crippen LogP contribution in [0.4, 0.5) is 10.1 Å². The van der Waals surface area contributed by atoms with Crippen molar-refractivity contribution in [2.45, 2.75) is 0 Å². The number of rotatable bonds is 5. The lowest BCUT2D eigenvalue weighted by molar-refractivity contribution is -0.137. The van der Waals surface area contributed by atoms with Gasteiger partial charge in [-0.3, -0.25) is 14.0 Å². The first-order chi connectivity index (χ1) is 14.5. The predicted octanol–water partition coefficient (Wildman–Crippen LogP) is 2.62. The second-order valence-electron chi connectivity index (χ2n) is 6.59. The molecule has 1 saturated heterocycles. The van der Waals surface area contributed by atoms with Crippen LogP contribution in [0.3, 0.4) is 0 Å². The van der Waals surface area contributed by atoms with E-state index in [0.717, 1.165) is 4.40 Å². The summed E-state index contributed by atoms with van der Waals surface area (Å²) in [4.78, 5) is 30.2. The van der Waals surface area contributed by atoms with E-state index in [2.05, 4.69) is 10.3 Å². The highest BCUT2D eigenvalue weighted by Crippen LogP contribution is 2.19. The molecule has 2 aromatic heterocycles. The Morgan fingerprint density at radius 1 is 1.17 bits per heavy atom. The zero-order chi connectivity index (χ0) is 21.1. The molecule has 0 aliphatic carbocycles. The molecule has 1 aromatic carbocycles. The second kappa shape index (κ2) is 8.68. The van der Waals surface area contributed by atoms with Crippen LogP contribution in [0.15, 0.2) is 42.6 Å². The number of morpholine rings is 1. The van der Waals surface area contributed by atoms with Gasteiger partial charge in [0.25, 0.3) is 11.8 Å². The molecule has 8 nitrogen and oxygen atoms in total. The van der Waals surface area contributed by atoms with Crippen LogP contribution in [-0.4, -0.2) is 59.0 Å². The Bertz CT molecular complexity index is 1080. The van der Waals surface area contributed by atoms with E-state index in [0.29, 0.717) is 42.8 Å². The van der Waals surface area contributed by atoms with Crippen LogP contribution in [-0.2, 0) is 9.53 Å². The zero-order valence-electron chi connectivity index (χ0n) is 15.8. The van der Waals surface area contributed by atoms with E-state index < -0.39 is 11.9 Å². The molecule has 2 amide bonds. The molecule has 1 aliphatic heterocycles. The SMILES string of the molecule is O=C(Nc1ccc(OCC(=O)N2CCOCC2)cc1)c1nc2ccc(Cl)cn2c1F. The van der Waals surface area contributed by atoms with Crippen LogP contribution >= 0.6 is 11.6 Å². The highest BCUT2D eigenvalue weighted by Gasteiger charge is 2.20. The number of ether oxygens (including phenoxy) is 2. The number of carbonyl (C=O) groups excluding carboxylic acids is 2. The molecule has 0 saturated carbocycles. The summed E-state index contributed by atoms with van der Waals surface area (Å²) < 4.78 is 26.3. The average molecular weight is 433 g/mol. The van der Waals surface area contributed by atoms with Gasteiger partial charge in [-0.1, -0.05) is 11.6 Å². The average Bonchev–Trinajstić information content (AvgIpc) is 3.09. The van der Waals surface area contributed by atoms with Crippen LogP contribution in [0, 0.1) is 5.95 Å². The molecule has 0 atom stereocenters. The molecule has 1 fully saturated rings. The number of amides is 2. The van der Waals surface area contributed by atoms with Gasteiger partial charge in [-0.2, -0.15) is 4.39 Å². The normalized spacial score (nSPS) is 14.0. The summed E-state index contributed by atoms with van der Waals surface area (Å²) in [6, 6.07) is 9.50. The highest BCUT2D eigenvalue weighted by atomic mass is 35.5. The monoisotopic (exact) mass is 432 g/mol. The molecule has 0 radical (unpaired) electrons. The Hall–Kier alpha value is -3.17. The lowest BCUT2D eigenvalue weighted by Crippen LogP contribution is -2.42. The number of nitrogens with one attached hydrogen (secondary N) is 1. The maximum Gasteiger partial charge on any atom is 0.279 e. The van der Waals surface area contributed by atoms with Gasteiger partial charge in [-0.15, -0.1) is 0 Å². The van der Waals surface area contributed by atoms with Crippen molar-refractivity contribution < 1.29 is 23.5 Å². The van der Waals surface area contributed by atoms with Gasteiger partial charge >= 0.3 is 0 Å². The van der Waals surface area contributed by atoms with Crippen LogP contribution in [0.1, 0.15) is 10.5 Å². The highest BCUT2D eigenvalue weighted by molar-refractivity contribution is 6.30. The largest absolute Gasteiger partial charge is 0.484 e. The van der Waals surface area contributed by atoms with Gasteiger partial charge in [0.15, 0.2) is 12.3 Å². The molecule has 3 aromatic rings. The van der Waals surface area contributed by atoms with E-state index in [-0.39, 0.29) is 23.9 Å². The van der Waals surface area contributed by atoms with Crippen molar-refractivity contribution in [2.75, 3.05) is 38.2 Å². The predicted molar refractivity (Wildman–Crippen MR) is 107 cm³/mol. The summed E-state index contributed by atoms with van der Waals surface area (Å²) in [5.74, 6) is -1.13. The van der Waals surface area contributed by atoms with Gasteiger partial charge in [-0.05, 0) is 36.4 Å². The molecule has 10 heteroatoms. The van der Waals surface area contributed by atoms with Crippen LogP contribution in [0.5, 0.6) is 5.75 Å². The molecule has 0 bridgehead atoms. The Kier molecular flexibility index (Phi) is 5.82. The second-order valence-corrected chi connectivity index (χ2v) is 7.02. The Morgan fingerprint density at radius 2 is 1.90 bits per heavy atom. The van der Waals surface area contributed by atoms with E-state index in [1.54, 1.807) is 35.2 Å². The quantitative estimate of drug-likeness (QED) is 0.670. The Morgan fingerprint density at radius 3 is 2.63 bits per heavy atom. The van der Waals surface area contributed by atoms with Crippen molar-refractivity contribution in [3.8, 4) is 5.75 Å². The molecular weight excluding hydrogens is 415 g/mol. The lowest BCUT2D eigenvalue weighted by Gasteiger charge is -2.26. The molecule has 0 spiro atoms. The summed E-state index contributed by atoms with van der Waals surface area (Å²) in [5, 5.41) is 2.91. The van der Waals surface area contributed by atoms with Gasteiger partial charge in [-0.25, -0.2) is 4.98 Å². The van der Waals surface area contributed by atoms with E-state index in [1.165, 1.54) is 12.3 Å². The maximum absolute atomic E-state index is 14.5. The van der Waals surface area contributed by atoms with Crippen molar-refractivity contribution in [3.05, 3.63) is 59.3 Å². The van der Waals surface area contributed by atoms with Gasteiger partial charge in [0, 0.05) is 25.0 Å². The lowest BCUT2D eigenvalue weighted by atomic mass is 10.3. The molecule has 4 rings (SSSR count). The fourth-order valence-electron chi connectivity index (χ4n) is 3.01. The fourth-order valence-corrected chi connectivity index (χ4v) is 3.17. The van der Waals surface area contributed by atoms with Crippen molar-refractivity contribution in [1.82, 2.24) is 14.3 Å². The van der Waals surface area contributed by atoms with Gasteiger partial charge in [0.05, 0.1) is 18.2 Å². The van der Waals surface area contributed by atoms with E-state index in [1.807, 2.05) is 0 Å². The van der Waals surface area contributed by atoms with E-state index >= 15 is 0 Å². The minimum absolute atomic E-state index is 0.0826. The molecule has 3 heterocycles. The van der Waals surface area contributed by atoms with Gasteiger partial charge in [0.1, 0.15) is 11.4 Å². The molecule has 1 aliphatic rings. The number of carbonyl (C=O) groups is 2. The number of hydrogen-bond donors (Lipinski definition) is 1. The fraction of sp³-hybridized carbons (Fsp3) is 0.250. The van der Waals surface area contributed by atoms with Gasteiger partial charge in [0.2, 0.25) is 5.95 Å². The summed E-state index contributed by atoms with van der Waals surface area (Å²) in [5.41, 5.74) is 0.366. The minimum atomic E-state index is -0.799. The third kappa shape index (κ3) is 4.37. The minimum Gasteiger partial charge on any atom is -0.484 e. The third-order valence-electron chi connectivity index (χ3n) is 4.58. The van der Waals surface area contributed by atoms with E-state index in [9.17, 15) is 14.0 Å². The molecular formula is C20H18ClFN4O4. The number of halogens is 2.